The van der Waals surface area contributed by atoms with E-state index in [9.17, 15) is 0 Å². The van der Waals surface area contributed by atoms with Crippen molar-refractivity contribution < 1.29 is 13.9 Å². The maximum atomic E-state index is 6.46. The number of aryl methyl sites for hydroxylation is 1. The summed E-state index contributed by atoms with van der Waals surface area (Å²) in [6.07, 6.45) is 7.42. The Kier molecular flexibility index (Phi) is 5.88. The van der Waals surface area contributed by atoms with Gasteiger partial charge in [0.25, 0.3) is 0 Å². The number of rotatable bonds is 5. The number of morpholine rings is 1. The van der Waals surface area contributed by atoms with Crippen LogP contribution >= 0.6 is 0 Å². The monoisotopic (exact) mass is 470 g/mol. The predicted octanol–water partition coefficient (Wildman–Crippen LogP) is 5.41. The van der Waals surface area contributed by atoms with Gasteiger partial charge in [-0.1, -0.05) is 23.8 Å². The molecule has 4 heterocycles. The van der Waals surface area contributed by atoms with Crippen molar-refractivity contribution in [2.24, 2.45) is 0 Å². The van der Waals surface area contributed by atoms with E-state index in [1.165, 1.54) is 11.1 Å². The van der Waals surface area contributed by atoms with Gasteiger partial charge < -0.3 is 18.8 Å². The number of aromatic nitrogens is 3. The molecule has 35 heavy (non-hydrogen) atoms. The van der Waals surface area contributed by atoms with Crippen molar-refractivity contribution in [1.82, 2.24) is 14.8 Å². The van der Waals surface area contributed by atoms with Crippen LogP contribution in [0.15, 0.2) is 59.2 Å². The molecule has 2 aliphatic rings. The van der Waals surface area contributed by atoms with E-state index in [2.05, 4.69) is 54.3 Å². The molecule has 0 spiro atoms. The third-order valence-corrected chi connectivity index (χ3v) is 6.88. The quantitative estimate of drug-likeness (QED) is 0.389. The second-order valence-electron chi connectivity index (χ2n) is 9.30. The lowest BCUT2D eigenvalue weighted by atomic mass is 9.96. The van der Waals surface area contributed by atoms with Crippen molar-refractivity contribution in [3.8, 4) is 17.1 Å². The molecule has 1 aromatic carbocycles. The number of benzene rings is 1. The largest absolute Gasteiger partial charge is 0.453 e. The molecule has 1 atom stereocenters. The first-order chi connectivity index (χ1) is 17.2. The van der Waals surface area contributed by atoms with Crippen molar-refractivity contribution >= 4 is 22.4 Å². The number of allylic oxidation sites excluding steroid dienone is 1. The molecule has 0 radical (unpaired) electrons. The lowest BCUT2D eigenvalue weighted by Crippen LogP contribution is -2.36. The number of furan rings is 1. The first kappa shape index (κ1) is 22.1. The van der Waals surface area contributed by atoms with Crippen LogP contribution in [-0.4, -0.2) is 54.3 Å². The summed E-state index contributed by atoms with van der Waals surface area (Å²) in [5.74, 6) is 1.65. The Morgan fingerprint density at radius 2 is 1.97 bits per heavy atom. The molecule has 0 saturated carbocycles. The van der Waals surface area contributed by atoms with E-state index in [1.54, 1.807) is 7.11 Å². The molecule has 4 aromatic rings. The maximum Gasteiger partial charge on any atom is 0.176 e. The Morgan fingerprint density at radius 1 is 1.09 bits per heavy atom. The molecule has 1 aliphatic heterocycles. The zero-order valence-corrected chi connectivity index (χ0v) is 20.2. The van der Waals surface area contributed by atoms with Gasteiger partial charge in [-0.05, 0) is 50.0 Å². The van der Waals surface area contributed by atoms with Crippen molar-refractivity contribution in [2.45, 2.75) is 32.3 Å². The Hall–Kier alpha value is -3.42. The summed E-state index contributed by atoms with van der Waals surface area (Å²) < 4.78 is 19.5. The fourth-order valence-corrected chi connectivity index (χ4v) is 4.99. The summed E-state index contributed by atoms with van der Waals surface area (Å²) in [4.78, 5) is 7.29. The molecule has 0 N–H and O–H groups in total. The van der Waals surface area contributed by atoms with Crippen LogP contribution in [0.1, 0.15) is 30.6 Å². The van der Waals surface area contributed by atoms with Crippen LogP contribution in [0, 0.1) is 6.92 Å². The summed E-state index contributed by atoms with van der Waals surface area (Å²) in [5, 5.41) is 4.86. The SMILES string of the molecule is COC1C=C(c2cc3nc(-n4ccc(-c5cccc(C)c5)n4)cc(N4CCOCC4)c3o2)CCC1. The lowest BCUT2D eigenvalue weighted by molar-refractivity contribution is 0.122. The summed E-state index contributed by atoms with van der Waals surface area (Å²) in [6, 6.07) is 14.6. The second kappa shape index (κ2) is 9.32. The third-order valence-electron chi connectivity index (χ3n) is 6.88. The third kappa shape index (κ3) is 4.37. The summed E-state index contributed by atoms with van der Waals surface area (Å²) in [5.41, 5.74) is 7.12. The van der Waals surface area contributed by atoms with E-state index < -0.39 is 0 Å². The van der Waals surface area contributed by atoms with Crippen LogP contribution in [0.25, 0.3) is 33.7 Å². The molecule has 7 nitrogen and oxygen atoms in total. The highest BCUT2D eigenvalue weighted by Gasteiger charge is 2.23. The summed E-state index contributed by atoms with van der Waals surface area (Å²) in [7, 11) is 1.77. The van der Waals surface area contributed by atoms with Crippen LogP contribution in [-0.2, 0) is 9.47 Å². The van der Waals surface area contributed by atoms with E-state index in [1.807, 2.05) is 16.9 Å². The highest BCUT2D eigenvalue weighted by molar-refractivity contribution is 5.90. The number of nitrogens with zero attached hydrogens (tertiary/aromatic N) is 4. The van der Waals surface area contributed by atoms with E-state index >= 15 is 0 Å². The first-order valence-electron chi connectivity index (χ1n) is 12.3. The number of ether oxygens (including phenoxy) is 2. The molecule has 1 fully saturated rings. The van der Waals surface area contributed by atoms with E-state index in [4.69, 9.17) is 24.0 Å². The zero-order valence-electron chi connectivity index (χ0n) is 20.2. The minimum atomic E-state index is 0.137. The van der Waals surface area contributed by atoms with Crippen molar-refractivity contribution in [3.63, 3.8) is 0 Å². The molecule has 180 valence electrons. The number of pyridine rings is 1. The normalized spacial score (nSPS) is 18.7. The van der Waals surface area contributed by atoms with Crippen molar-refractivity contribution in [1.29, 1.82) is 0 Å². The number of hydrogen-bond donors (Lipinski definition) is 0. The van der Waals surface area contributed by atoms with Gasteiger partial charge in [-0.15, -0.1) is 0 Å². The smallest absolute Gasteiger partial charge is 0.176 e. The molecule has 1 aliphatic carbocycles. The molecule has 3 aromatic heterocycles. The van der Waals surface area contributed by atoms with E-state index in [-0.39, 0.29) is 6.10 Å². The standard InChI is InChI=1S/C28H30N4O3/c1-19-5-3-6-20(15-19)23-9-10-32(30-23)27-18-25(31-11-13-34-14-12-31)28-24(29-27)17-26(35-28)21-7-4-8-22(16-21)33-2/h3,5-6,9-10,15-18,22H,4,7-8,11-14H2,1-2H3. The van der Waals surface area contributed by atoms with Gasteiger partial charge in [0.1, 0.15) is 11.3 Å². The molecular formula is C28H30N4O3. The maximum absolute atomic E-state index is 6.46. The van der Waals surface area contributed by atoms with Crippen molar-refractivity contribution in [2.75, 3.05) is 38.3 Å². The van der Waals surface area contributed by atoms with Gasteiger partial charge >= 0.3 is 0 Å². The molecule has 1 unspecified atom stereocenters. The molecular weight excluding hydrogens is 440 g/mol. The van der Waals surface area contributed by atoms with Crippen LogP contribution in [0.2, 0.25) is 0 Å². The number of hydrogen-bond acceptors (Lipinski definition) is 6. The number of fused-ring (bicyclic) bond motifs is 1. The predicted molar refractivity (Wildman–Crippen MR) is 137 cm³/mol. The Labute approximate surface area is 205 Å². The summed E-state index contributed by atoms with van der Waals surface area (Å²) >= 11 is 0. The van der Waals surface area contributed by atoms with Crippen LogP contribution in [0.3, 0.4) is 0 Å². The summed E-state index contributed by atoms with van der Waals surface area (Å²) in [6.45, 7) is 5.13. The highest BCUT2D eigenvalue weighted by atomic mass is 16.5. The highest BCUT2D eigenvalue weighted by Crippen LogP contribution is 2.36. The van der Waals surface area contributed by atoms with Crippen LogP contribution < -0.4 is 4.90 Å². The minimum absolute atomic E-state index is 0.137. The Balaban J connectivity index is 1.44. The fourth-order valence-electron chi connectivity index (χ4n) is 4.99. The number of methoxy groups -OCH3 is 1. The fraction of sp³-hybridized carbons (Fsp3) is 0.357. The van der Waals surface area contributed by atoms with Gasteiger partial charge in [0.2, 0.25) is 0 Å². The second-order valence-corrected chi connectivity index (χ2v) is 9.30. The van der Waals surface area contributed by atoms with Gasteiger partial charge in [-0.2, -0.15) is 5.10 Å². The average Bonchev–Trinajstić information content (AvgIpc) is 3.56. The molecule has 0 bridgehead atoms. The van der Waals surface area contributed by atoms with E-state index in [0.29, 0.717) is 13.2 Å². The van der Waals surface area contributed by atoms with Crippen LogP contribution in [0.4, 0.5) is 5.69 Å². The number of anilines is 1. The molecule has 6 rings (SSSR count). The Bertz CT molecular complexity index is 1380. The van der Waals surface area contributed by atoms with E-state index in [0.717, 1.165) is 72.0 Å². The topological polar surface area (TPSA) is 65.5 Å². The van der Waals surface area contributed by atoms with Gasteiger partial charge in [-0.25, -0.2) is 9.67 Å². The first-order valence-corrected chi connectivity index (χ1v) is 12.3. The van der Waals surface area contributed by atoms with Gasteiger partial charge in [0, 0.05) is 44.1 Å². The average molecular weight is 471 g/mol. The van der Waals surface area contributed by atoms with Crippen LogP contribution in [0.5, 0.6) is 0 Å². The minimum Gasteiger partial charge on any atom is -0.453 e. The molecule has 7 heteroatoms. The van der Waals surface area contributed by atoms with Gasteiger partial charge in [0.15, 0.2) is 11.4 Å². The molecule has 0 amide bonds. The molecule has 1 saturated heterocycles. The van der Waals surface area contributed by atoms with Crippen molar-refractivity contribution in [3.05, 3.63) is 66.1 Å². The van der Waals surface area contributed by atoms with Gasteiger partial charge in [0.05, 0.1) is 30.7 Å². The van der Waals surface area contributed by atoms with Gasteiger partial charge in [-0.3, -0.25) is 0 Å². The Morgan fingerprint density at radius 3 is 2.80 bits per heavy atom. The zero-order chi connectivity index (χ0) is 23.8. The lowest BCUT2D eigenvalue weighted by Gasteiger charge is -2.29.